The Kier molecular flexibility index (Phi) is 6.04. The van der Waals surface area contributed by atoms with Crippen LogP contribution in [0.15, 0.2) is 5.29 Å². The number of carbonyl (C=O) groups is 1. The summed E-state index contributed by atoms with van der Waals surface area (Å²) in [5.41, 5.74) is 0.252. The van der Waals surface area contributed by atoms with Gasteiger partial charge in [-0.1, -0.05) is 27.2 Å². The lowest BCUT2D eigenvalue weighted by molar-refractivity contribution is 0.147. The fourth-order valence-electron chi connectivity index (χ4n) is 2.62. The molecule has 1 rings (SSSR count). The summed E-state index contributed by atoms with van der Waals surface area (Å²) in [6, 6.07) is -0.305. The van der Waals surface area contributed by atoms with E-state index >= 15 is 0 Å². The summed E-state index contributed by atoms with van der Waals surface area (Å²) in [6.07, 6.45) is 4.23. The highest BCUT2D eigenvalue weighted by Gasteiger charge is 2.31. The smallest absolute Gasteiger partial charge is 0.334 e. The summed E-state index contributed by atoms with van der Waals surface area (Å²) in [4.78, 5) is 22.4. The number of hydrogen-bond acceptors (Lipinski definition) is 3. The normalized spacial score (nSPS) is 23.8. The molecule has 0 aromatic carbocycles. The van der Waals surface area contributed by atoms with Crippen LogP contribution in [0.5, 0.6) is 0 Å². The summed E-state index contributed by atoms with van der Waals surface area (Å²) in [5.74, 6) is 0.797. The van der Waals surface area contributed by atoms with E-state index in [9.17, 15) is 9.70 Å². The highest BCUT2D eigenvalue weighted by Crippen LogP contribution is 2.37. The maximum absolute atomic E-state index is 11.9. The molecule has 1 fully saturated rings. The van der Waals surface area contributed by atoms with Crippen LogP contribution in [0.3, 0.4) is 0 Å². The van der Waals surface area contributed by atoms with Gasteiger partial charge in [0.1, 0.15) is 0 Å². The predicted molar refractivity (Wildman–Crippen MR) is 77.0 cm³/mol. The fourth-order valence-corrected chi connectivity index (χ4v) is 2.78. The second kappa shape index (κ2) is 7.08. The zero-order valence-corrected chi connectivity index (χ0v) is 12.7. The Morgan fingerprint density at radius 3 is 2.63 bits per heavy atom. The lowest BCUT2D eigenvalue weighted by atomic mass is 9.71. The van der Waals surface area contributed by atoms with Crippen LogP contribution in [0.25, 0.3) is 0 Å². The minimum atomic E-state index is -0.435. The van der Waals surface area contributed by atoms with Crippen molar-refractivity contribution in [2.45, 2.75) is 52.5 Å². The van der Waals surface area contributed by atoms with Crippen molar-refractivity contribution < 1.29 is 4.79 Å². The number of rotatable bonds is 4. The van der Waals surface area contributed by atoms with Gasteiger partial charge in [0.25, 0.3) is 0 Å². The van der Waals surface area contributed by atoms with Crippen LogP contribution in [0, 0.1) is 16.2 Å². The zero-order chi connectivity index (χ0) is 14.5. The molecular formula is C13H24ClN3O2. The Hall–Kier alpha value is -0.840. The molecule has 0 saturated heterocycles. The highest BCUT2D eigenvalue weighted by atomic mass is 35.5. The summed E-state index contributed by atoms with van der Waals surface area (Å²) >= 11 is 5.52. The van der Waals surface area contributed by atoms with Crippen molar-refractivity contribution in [3.05, 3.63) is 4.91 Å². The number of amides is 2. The van der Waals surface area contributed by atoms with Crippen LogP contribution in [-0.2, 0) is 0 Å². The van der Waals surface area contributed by atoms with Gasteiger partial charge in [-0.2, -0.15) is 5.01 Å². The van der Waals surface area contributed by atoms with E-state index in [2.05, 4.69) is 31.4 Å². The number of nitrogens with zero attached hydrogens (tertiary/aromatic N) is 2. The number of carbonyl (C=O) groups excluding carboxylic acids is 1. The highest BCUT2D eigenvalue weighted by molar-refractivity contribution is 6.18. The van der Waals surface area contributed by atoms with Crippen molar-refractivity contribution in [2.24, 2.45) is 16.6 Å². The van der Waals surface area contributed by atoms with Gasteiger partial charge in [-0.25, -0.2) is 4.79 Å². The molecule has 1 aliphatic carbocycles. The van der Waals surface area contributed by atoms with Crippen molar-refractivity contribution in [3.63, 3.8) is 0 Å². The molecule has 0 spiro atoms. The number of urea groups is 1. The van der Waals surface area contributed by atoms with Crippen molar-refractivity contribution in [1.82, 2.24) is 10.3 Å². The average Bonchev–Trinajstić information content (AvgIpc) is 2.35. The van der Waals surface area contributed by atoms with E-state index in [4.69, 9.17) is 11.6 Å². The first-order valence-electron chi connectivity index (χ1n) is 6.85. The summed E-state index contributed by atoms with van der Waals surface area (Å²) in [6.45, 7) is 6.84. The van der Waals surface area contributed by atoms with Crippen LogP contribution < -0.4 is 5.32 Å². The molecule has 0 aromatic heterocycles. The van der Waals surface area contributed by atoms with Gasteiger partial charge in [0.2, 0.25) is 0 Å². The van der Waals surface area contributed by atoms with E-state index in [0.29, 0.717) is 5.92 Å². The quantitative estimate of drug-likeness (QED) is 0.489. The molecule has 5 nitrogen and oxygen atoms in total. The molecule has 0 unspecified atom stereocenters. The Bertz CT molecular complexity index is 318. The summed E-state index contributed by atoms with van der Waals surface area (Å²) in [5, 5.41) is 6.44. The maximum Gasteiger partial charge on any atom is 0.340 e. The van der Waals surface area contributed by atoms with Crippen molar-refractivity contribution in [2.75, 3.05) is 12.4 Å². The SMILES string of the molecule is CC(C)(C)[C@@H]1CCC[C@H](NC(=O)N(CCCl)N=O)C1. The van der Waals surface area contributed by atoms with Gasteiger partial charge >= 0.3 is 6.03 Å². The first kappa shape index (κ1) is 16.2. The molecule has 2 amide bonds. The number of nitroso groups, excluding NO2 is 1. The van der Waals surface area contributed by atoms with E-state index < -0.39 is 6.03 Å². The number of alkyl halides is 1. The topological polar surface area (TPSA) is 61.8 Å². The van der Waals surface area contributed by atoms with Crippen molar-refractivity contribution in [3.8, 4) is 0 Å². The molecule has 1 saturated carbocycles. The Morgan fingerprint density at radius 2 is 2.11 bits per heavy atom. The van der Waals surface area contributed by atoms with Gasteiger partial charge in [0.05, 0.1) is 11.8 Å². The second-order valence-corrected chi connectivity index (χ2v) is 6.65. The first-order chi connectivity index (χ1) is 8.88. The minimum Gasteiger partial charge on any atom is -0.334 e. The lowest BCUT2D eigenvalue weighted by Gasteiger charge is -2.38. The van der Waals surface area contributed by atoms with Crippen molar-refractivity contribution >= 4 is 17.6 Å². The summed E-state index contributed by atoms with van der Waals surface area (Å²) < 4.78 is 0. The molecule has 2 atom stereocenters. The molecule has 0 heterocycles. The first-order valence-corrected chi connectivity index (χ1v) is 7.39. The van der Waals surface area contributed by atoms with Gasteiger partial charge in [-0.3, -0.25) is 0 Å². The molecule has 0 radical (unpaired) electrons. The monoisotopic (exact) mass is 289 g/mol. The largest absolute Gasteiger partial charge is 0.340 e. The molecule has 0 aromatic rings. The maximum atomic E-state index is 11.9. The van der Waals surface area contributed by atoms with Crippen molar-refractivity contribution in [1.29, 1.82) is 0 Å². The van der Waals surface area contributed by atoms with Crippen LogP contribution in [0.4, 0.5) is 4.79 Å². The Balaban J connectivity index is 2.52. The predicted octanol–water partition coefficient (Wildman–Crippen LogP) is 3.52. The van der Waals surface area contributed by atoms with Gasteiger partial charge in [-0.05, 0) is 30.6 Å². The number of nitrogens with one attached hydrogen (secondary N) is 1. The number of halogens is 1. The van der Waals surface area contributed by atoms with Crippen LogP contribution in [0.2, 0.25) is 0 Å². The molecule has 6 heteroatoms. The van der Waals surface area contributed by atoms with Gasteiger partial charge in [-0.15, -0.1) is 16.5 Å². The molecule has 1 aliphatic rings. The van der Waals surface area contributed by atoms with Gasteiger partial charge in [0, 0.05) is 11.9 Å². The third kappa shape index (κ3) is 4.97. The minimum absolute atomic E-state index is 0.130. The lowest BCUT2D eigenvalue weighted by Crippen LogP contribution is -2.46. The van der Waals surface area contributed by atoms with E-state index in [1.165, 1.54) is 6.42 Å². The molecule has 0 bridgehead atoms. The zero-order valence-electron chi connectivity index (χ0n) is 12.0. The van der Waals surface area contributed by atoms with E-state index in [-0.39, 0.29) is 23.9 Å². The molecular weight excluding hydrogens is 266 g/mol. The molecule has 19 heavy (non-hydrogen) atoms. The standard InChI is InChI=1S/C13H24ClN3O2/c1-13(2,3)10-5-4-6-11(9-10)15-12(18)17(16-19)8-7-14/h10-11H,4-9H2,1-3H3,(H,15,18)/t10-,11+/m1/s1. The fraction of sp³-hybridized carbons (Fsp3) is 0.923. The molecule has 110 valence electrons. The van der Waals surface area contributed by atoms with E-state index in [0.717, 1.165) is 24.3 Å². The molecule has 0 aliphatic heterocycles. The summed E-state index contributed by atoms with van der Waals surface area (Å²) in [7, 11) is 0. The Labute approximate surface area is 120 Å². The third-order valence-corrected chi connectivity index (χ3v) is 4.02. The Morgan fingerprint density at radius 1 is 1.42 bits per heavy atom. The van der Waals surface area contributed by atoms with Crippen LogP contribution in [0.1, 0.15) is 46.5 Å². The van der Waals surface area contributed by atoms with Crippen LogP contribution in [-0.4, -0.2) is 29.5 Å². The van der Waals surface area contributed by atoms with E-state index in [1.807, 2.05) is 0 Å². The number of hydrogen-bond donors (Lipinski definition) is 1. The van der Waals surface area contributed by atoms with Crippen LogP contribution >= 0.6 is 11.6 Å². The second-order valence-electron chi connectivity index (χ2n) is 6.27. The van der Waals surface area contributed by atoms with Gasteiger partial charge in [0.15, 0.2) is 0 Å². The third-order valence-electron chi connectivity index (χ3n) is 3.86. The molecule has 1 N–H and O–H groups in total. The average molecular weight is 290 g/mol. The van der Waals surface area contributed by atoms with E-state index in [1.54, 1.807) is 0 Å². The van der Waals surface area contributed by atoms with Gasteiger partial charge < -0.3 is 5.32 Å².